The third-order valence-corrected chi connectivity index (χ3v) is 4.29. The minimum Gasteiger partial charge on any atom is -0.495 e. The molecule has 0 spiro atoms. The number of aliphatic hydroxyl groups is 1. The second-order valence-electron chi connectivity index (χ2n) is 4.72. The van der Waals surface area contributed by atoms with E-state index >= 15 is 0 Å². The second kappa shape index (κ2) is 7.03. The molecule has 0 saturated carbocycles. The van der Waals surface area contributed by atoms with Gasteiger partial charge in [0.1, 0.15) is 10.6 Å². The van der Waals surface area contributed by atoms with Crippen LogP contribution in [0.15, 0.2) is 29.2 Å². The average Bonchev–Trinajstić information content (AvgIpc) is 2.43. The second-order valence-corrected chi connectivity index (χ2v) is 6.45. The van der Waals surface area contributed by atoms with E-state index in [1.165, 1.54) is 20.3 Å². The summed E-state index contributed by atoms with van der Waals surface area (Å²) >= 11 is 0. The lowest BCUT2D eigenvalue weighted by molar-refractivity contribution is 0.0292. The van der Waals surface area contributed by atoms with Gasteiger partial charge in [0.15, 0.2) is 0 Å². The molecule has 1 aromatic carbocycles. The van der Waals surface area contributed by atoms with Crippen LogP contribution in [0.2, 0.25) is 0 Å². The highest BCUT2D eigenvalue weighted by molar-refractivity contribution is 7.89. The molecular weight excluding hydrogens is 282 g/mol. The Kier molecular flexibility index (Phi) is 5.94. The van der Waals surface area contributed by atoms with Crippen LogP contribution in [0.25, 0.3) is 0 Å². The predicted molar refractivity (Wildman–Crippen MR) is 75.3 cm³/mol. The van der Waals surface area contributed by atoms with E-state index in [2.05, 4.69) is 4.72 Å². The molecule has 20 heavy (non-hydrogen) atoms. The van der Waals surface area contributed by atoms with E-state index in [4.69, 9.17) is 9.47 Å². The van der Waals surface area contributed by atoms with Gasteiger partial charge in [-0.05, 0) is 19.1 Å². The molecule has 1 rings (SSSR count). The van der Waals surface area contributed by atoms with Crippen molar-refractivity contribution in [2.75, 3.05) is 27.4 Å². The maximum absolute atomic E-state index is 12.2. The van der Waals surface area contributed by atoms with Gasteiger partial charge in [0, 0.05) is 26.7 Å². The number of para-hydroxylation sites is 1. The number of methoxy groups -OCH3 is 2. The van der Waals surface area contributed by atoms with Crippen molar-refractivity contribution in [1.29, 1.82) is 0 Å². The Bertz CT molecular complexity index is 527. The zero-order chi connectivity index (χ0) is 15.2. The van der Waals surface area contributed by atoms with Gasteiger partial charge < -0.3 is 14.6 Å². The first-order valence-electron chi connectivity index (χ1n) is 6.16. The number of hydrogen-bond acceptors (Lipinski definition) is 5. The number of ether oxygens (including phenoxy) is 2. The molecule has 0 saturated heterocycles. The first-order chi connectivity index (χ1) is 9.32. The third-order valence-electron chi connectivity index (χ3n) is 2.85. The molecule has 114 valence electrons. The van der Waals surface area contributed by atoms with Gasteiger partial charge in [0.25, 0.3) is 0 Å². The number of sulfonamides is 1. The highest BCUT2D eigenvalue weighted by Crippen LogP contribution is 2.22. The molecule has 0 bridgehead atoms. The minimum absolute atomic E-state index is 0.0463. The number of benzene rings is 1. The summed E-state index contributed by atoms with van der Waals surface area (Å²) in [5, 5.41) is 10.0. The van der Waals surface area contributed by atoms with E-state index in [1.807, 2.05) is 0 Å². The van der Waals surface area contributed by atoms with Gasteiger partial charge in [0.2, 0.25) is 10.0 Å². The number of nitrogens with one attached hydrogen (secondary N) is 1. The van der Waals surface area contributed by atoms with Crippen LogP contribution in [-0.4, -0.2) is 46.5 Å². The van der Waals surface area contributed by atoms with Gasteiger partial charge in [-0.2, -0.15) is 0 Å². The molecule has 1 atom stereocenters. The van der Waals surface area contributed by atoms with Gasteiger partial charge in [0.05, 0.1) is 12.7 Å². The fraction of sp³-hybridized carbons (Fsp3) is 0.538. The molecule has 7 heteroatoms. The number of hydrogen-bond donors (Lipinski definition) is 2. The van der Waals surface area contributed by atoms with E-state index in [0.29, 0.717) is 13.0 Å². The fourth-order valence-corrected chi connectivity index (χ4v) is 2.91. The minimum atomic E-state index is -3.74. The maximum atomic E-state index is 12.2. The molecule has 1 aromatic rings. The Labute approximate surface area is 119 Å². The summed E-state index contributed by atoms with van der Waals surface area (Å²) in [5.41, 5.74) is -1.18. The fourth-order valence-electron chi connectivity index (χ4n) is 1.58. The Morgan fingerprint density at radius 2 is 1.95 bits per heavy atom. The normalized spacial score (nSPS) is 14.8. The highest BCUT2D eigenvalue weighted by atomic mass is 32.2. The lowest BCUT2D eigenvalue weighted by Crippen LogP contribution is -2.41. The van der Waals surface area contributed by atoms with Crippen molar-refractivity contribution in [3.05, 3.63) is 24.3 Å². The van der Waals surface area contributed by atoms with Crippen molar-refractivity contribution in [3.63, 3.8) is 0 Å². The lowest BCUT2D eigenvalue weighted by atomic mass is 10.0. The van der Waals surface area contributed by atoms with E-state index in [0.717, 1.165) is 0 Å². The summed E-state index contributed by atoms with van der Waals surface area (Å²) in [7, 11) is -0.808. The molecule has 0 aliphatic rings. The van der Waals surface area contributed by atoms with Crippen molar-refractivity contribution >= 4 is 10.0 Å². The van der Waals surface area contributed by atoms with Gasteiger partial charge in [-0.25, -0.2) is 13.1 Å². The van der Waals surface area contributed by atoms with Crippen LogP contribution in [0.1, 0.15) is 13.3 Å². The Morgan fingerprint density at radius 3 is 2.55 bits per heavy atom. The standard InChI is InChI=1S/C13H21NO5S/c1-13(15,8-9-18-2)10-14-20(16,17)12-7-5-4-6-11(12)19-3/h4-7,14-15H,8-10H2,1-3H3. The molecule has 0 radical (unpaired) electrons. The monoisotopic (exact) mass is 303 g/mol. The third kappa shape index (κ3) is 4.75. The van der Waals surface area contributed by atoms with Crippen LogP contribution < -0.4 is 9.46 Å². The van der Waals surface area contributed by atoms with Gasteiger partial charge in [-0.3, -0.25) is 0 Å². The Morgan fingerprint density at radius 1 is 1.30 bits per heavy atom. The topological polar surface area (TPSA) is 84.9 Å². The van der Waals surface area contributed by atoms with Crippen LogP contribution >= 0.6 is 0 Å². The smallest absolute Gasteiger partial charge is 0.244 e. The molecule has 0 fully saturated rings. The van der Waals surface area contributed by atoms with Crippen LogP contribution in [0.4, 0.5) is 0 Å². The zero-order valence-electron chi connectivity index (χ0n) is 11.9. The molecule has 0 aliphatic heterocycles. The summed E-state index contributed by atoms with van der Waals surface area (Å²) in [6.45, 7) is 1.80. The van der Waals surface area contributed by atoms with Crippen molar-refractivity contribution in [3.8, 4) is 5.75 Å². The van der Waals surface area contributed by atoms with Gasteiger partial charge >= 0.3 is 0 Å². The summed E-state index contributed by atoms with van der Waals surface area (Å²) in [6.07, 6.45) is 0.331. The molecule has 0 heterocycles. The van der Waals surface area contributed by atoms with Crippen LogP contribution in [0, 0.1) is 0 Å². The summed E-state index contributed by atoms with van der Waals surface area (Å²) in [5.74, 6) is 0.261. The molecular formula is C13H21NO5S. The van der Waals surface area contributed by atoms with Crippen molar-refractivity contribution in [2.24, 2.45) is 0 Å². The molecule has 1 unspecified atom stereocenters. The van der Waals surface area contributed by atoms with Gasteiger partial charge in [-0.1, -0.05) is 12.1 Å². The molecule has 0 amide bonds. The molecule has 2 N–H and O–H groups in total. The molecule has 0 aromatic heterocycles. The SMILES string of the molecule is COCCC(C)(O)CNS(=O)(=O)c1ccccc1OC. The van der Waals surface area contributed by atoms with Crippen molar-refractivity contribution in [2.45, 2.75) is 23.8 Å². The van der Waals surface area contributed by atoms with Crippen LogP contribution in [0.5, 0.6) is 5.75 Å². The zero-order valence-corrected chi connectivity index (χ0v) is 12.7. The molecule has 6 nitrogen and oxygen atoms in total. The average molecular weight is 303 g/mol. The lowest BCUT2D eigenvalue weighted by Gasteiger charge is -2.23. The highest BCUT2D eigenvalue weighted by Gasteiger charge is 2.25. The Hall–Kier alpha value is -1.15. The maximum Gasteiger partial charge on any atom is 0.244 e. The van der Waals surface area contributed by atoms with E-state index in [-0.39, 0.29) is 17.2 Å². The predicted octanol–water partition coefficient (Wildman–Crippen LogP) is 0.761. The summed E-state index contributed by atoms with van der Waals surface area (Å²) in [4.78, 5) is 0.0463. The first kappa shape index (κ1) is 16.9. The molecule has 0 aliphatic carbocycles. The number of rotatable bonds is 8. The Balaban J connectivity index is 2.80. The summed E-state index contributed by atoms with van der Waals surface area (Å²) in [6, 6.07) is 6.31. The quantitative estimate of drug-likeness (QED) is 0.740. The van der Waals surface area contributed by atoms with E-state index in [9.17, 15) is 13.5 Å². The summed E-state index contributed by atoms with van der Waals surface area (Å²) < 4.78 is 36.7. The van der Waals surface area contributed by atoms with Gasteiger partial charge in [-0.15, -0.1) is 0 Å². The van der Waals surface area contributed by atoms with Crippen LogP contribution in [0.3, 0.4) is 0 Å². The van der Waals surface area contributed by atoms with Crippen LogP contribution in [-0.2, 0) is 14.8 Å². The van der Waals surface area contributed by atoms with E-state index < -0.39 is 15.6 Å². The first-order valence-corrected chi connectivity index (χ1v) is 7.65. The van der Waals surface area contributed by atoms with Crippen molar-refractivity contribution in [1.82, 2.24) is 4.72 Å². The van der Waals surface area contributed by atoms with E-state index in [1.54, 1.807) is 25.1 Å². The van der Waals surface area contributed by atoms with Crippen molar-refractivity contribution < 1.29 is 23.0 Å². The largest absolute Gasteiger partial charge is 0.495 e.